The van der Waals surface area contributed by atoms with E-state index in [2.05, 4.69) is 45.6 Å². The lowest BCUT2D eigenvalue weighted by atomic mass is 10.3. The van der Waals surface area contributed by atoms with Crippen molar-refractivity contribution in [1.82, 2.24) is 25.2 Å². The summed E-state index contributed by atoms with van der Waals surface area (Å²) in [5, 5.41) is 8.89. The number of urea groups is 1. The Morgan fingerprint density at radius 3 is 2.86 bits per heavy atom. The first-order valence-corrected chi connectivity index (χ1v) is 12.8. The van der Waals surface area contributed by atoms with Crippen molar-refractivity contribution in [2.24, 2.45) is 0 Å². The molecule has 2 aromatic heterocycles. The standard InChI is InChI=1S/C17H28N6O2Si.2ClH/c1-26(2,3)9-8-25-12-23-7-5-14-16(23)19-11-15(21-14)22-17(24)20-13-4-6-18-10-13;;/h5,7,11,13,18H,4,6,8-10,12H2,1-3H3,(H2,20,21,22,24);2*1H. The van der Waals surface area contributed by atoms with Gasteiger partial charge in [0.25, 0.3) is 0 Å². The zero-order chi connectivity index (χ0) is 18.6. The number of carbonyl (C=O) groups is 1. The molecule has 2 amide bonds. The second-order valence-electron chi connectivity index (χ2n) is 7.89. The number of anilines is 1. The predicted octanol–water partition coefficient (Wildman–Crippen LogP) is 3.07. The molecule has 0 bridgehead atoms. The molecule has 3 rings (SSSR count). The molecule has 1 aliphatic heterocycles. The van der Waals surface area contributed by atoms with E-state index in [-0.39, 0.29) is 36.9 Å². The number of nitrogens with one attached hydrogen (secondary N) is 3. The number of nitrogens with zero attached hydrogens (tertiary/aromatic N) is 3. The topological polar surface area (TPSA) is 93.1 Å². The average Bonchev–Trinajstić information content (AvgIpc) is 3.20. The van der Waals surface area contributed by atoms with Gasteiger partial charge in [-0.25, -0.2) is 14.8 Å². The van der Waals surface area contributed by atoms with Crippen molar-refractivity contribution in [2.75, 3.05) is 25.0 Å². The maximum absolute atomic E-state index is 12.0. The van der Waals surface area contributed by atoms with Crippen molar-refractivity contribution < 1.29 is 9.53 Å². The van der Waals surface area contributed by atoms with E-state index in [1.807, 2.05) is 16.8 Å². The summed E-state index contributed by atoms with van der Waals surface area (Å²) in [7, 11) is -1.08. The zero-order valence-electron chi connectivity index (χ0n) is 16.5. The van der Waals surface area contributed by atoms with Crippen LogP contribution >= 0.6 is 24.8 Å². The summed E-state index contributed by atoms with van der Waals surface area (Å²) in [6.07, 6.45) is 4.43. The quantitative estimate of drug-likeness (QED) is 0.446. The molecule has 158 valence electrons. The number of ether oxygens (including phenoxy) is 1. The van der Waals surface area contributed by atoms with Gasteiger partial charge in [0, 0.05) is 33.5 Å². The van der Waals surface area contributed by atoms with Gasteiger partial charge >= 0.3 is 6.03 Å². The maximum Gasteiger partial charge on any atom is 0.320 e. The van der Waals surface area contributed by atoms with Gasteiger partial charge in [-0.3, -0.25) is 5.32 Å². The van der Waals surface area contributed by atoms with Crippen molar-refractivity contribution >= 4 is 55.9 Å². The third-order valence-electron chi connectivity index (χ3n) is 4.33. The number of carbonyl (C=O) groups excluding carboxylic acids is 1. The van der Waals surface area contributed by atoms with Crippen molar-refractivity contribution in [3.8, 4) is 0 Å². The maximum atomic E-state index is 12.0. The first kappa shape index (κ1) is 24.6. The van der Waals surface area contributed by atoms with Crippen LogP contribution < -0.4 is 16.0 Å². The van der Waals surface area contributed by atoms with Gasteiger partial charge < -0.3 is 19.9 Å². The van der Waals surface area contributed by atoms with Crippen LogP contribution in [0.25, 0.3) is 11.2 Å². The van der Waals surface area contributed by atoms with E-state index in [1.54, 1.807) is 6.20 Å². The van der Waals surface area contributed by atoms with E-state index < -0.39 is 8.07 Å². The Balaban J connectivity index is 0.00000196. The van der Waals surface area contributed by atoms with E-state index in [0.29, 0.717) is 12.5 Å². The first-order chi connectivity index (χ1) is 12.4. The van der Waals surface area contributed by atoms with Crippen LogP contribution in [-0.2, 0) is 11.5 Å². The van der Waals surface area contributed by atoms with Crippen molar-refractivity contribution in [3.05, 3.63) is 18.5 Å². The fourth-order valence-electron chi connectivity index (χ4n) is 2.78. The van der Waals surface area contributed by atoms with E-state index >= 15 is 0 Å². The van der Waals surface area contributed by atoms with Crippen LogP contribution in [0.3, 0.4) is 0 Å². The molecule has 28 heavy (non-hydrogen) atoms. The molecule has 1 saturated heterocycles. The van der Waals surface area contributed by atoms with Gasteiger partial charge in [0.2, 0.25) is 0 Å². The van der Waals surface area contributed by atoms with E-state index in [0.717, 1.165) is 43.3 Å². The highest BCUT2D eigenvalue weighted by molar-refractivity contribution is 6.76. The Kier molecular flexibility index (Phi) is 9.65. The molecule has 0 saturated carbocycles. The van der Waals surface area contributed by atoms with Crippen LogP contribution in [0.2, 0.25) is 25.7 Å². The fourth-order valence-corrected chi connectivity index (χ4v) is 3.54. The third-order valence-corrected chi connectivity index (χ3v) is 6.03. The molecule has 1 atom stereocenters. The summed E-state index contributed by atoms with van der Waals surface area (Å²) < 4.78 is 7.71. The van der Waals surface area contributed by atoms with Crippen LogP contribution in [0, 0.1) is 0 Å². The summed E-state index contributed by atoms with van der Waals surface area (Å²) in [5.74, 6) is 0.443. The van der Waals surface area contributed by atoms with Gasteiger partial charge in [-0.05, 0) is 25.1 Å². The molecule has 1 unspecified atom stereocenters. The largest absolute Gasteiger partial charge is 0.361 e. The van der Waals surface area contributed by atoms with Crippen LogP contribution in [0.5, 0.6) is 0 Å². The summed E-state index contributed by atoms with van der Waals surface area (Å²) in [5.41, 5.74) is 1.49. The number of hydrogen-bond donors (Lipinski definition) is 3. The third kappa shape index (κ3) is 7.21. The van der Waals surface area contributed by atoms with E-state index in [1.165, 1.54) is 0 Å². The highest BCUT2D eigenvalue weighted by Gasteiger charge is 2.17. The van der Waals surface area contributed by atoms with Gasteiger partial charge in [-0.15, -0.1) is 24.8 Å². The average molecular weight is 449 g/mol. The van der Waals surface area contributed by atoms with Gasteiger partial charge in [0.1, 0.15) is 12.2 Å². The molecule has 3 N–H and O–H groups in total. The number of aromatic nitrogens is 3. The predicted molar refractivity (Wildman–Crippen MR) is 120 cm³/mol. The Labute approximate surface area is 179 Å². The van der Waals surface area contributed by atoms with Crippen LogP contribution in [0.15, 0.2) is 18.5 Å². The summed E-state index contributed by atoms with van der Waals surface area (Å²) in [6, 6.07) is 2.94. The SMILES string of the molecule is C[Si](C)(C)CCOCn1ccc2nc(NC(=O)NC3CCNC3)cnc21.Cl.Cl. The smallest absolute Gasteiger partial charge is 0.320 e. The minimum Gasteiger partial charge on any atom is -0.361 e. The fraction of sp³-hybridized carbons (Fsp3) is 0.588. The minimum absolute atomic E-state index is 0. The molecule has 3 heterocycles. The molecule has 11 heteroatoms. The van der Waals surface area contributed by atoms with Crippen molar-refractivity contribution in [3.63, 3.8) is 0 Å². The van der Waals surface area contributed by atoms with Crippen molar-refractivity contribution in [2.45, 2.75) is 44.9 Å². The summed E-state index contributed by atoms with van der Waals surface area (Å²) in [4.78, 5) is 20.9. The zero-order valence-corrected chi connectivity index (χ0v) is 19.2. The first-order valence-electron chi connectivity index (χ1n) is 9.09. The summed E-state index contributed by atoms with van der Waals surface area (Å²) in [6.45, 7) is 9.97. The van der Waals surface area contributed by atoms with E-state index in [9.17, 15) is 4.79 Å². The van der Waals surface area contributed by atoms with Gasteiger partial charge in [-0.1, -0.05) is 19.6 Å². The number of halogens is 2. The van der Waals surface area contributed by atoms with Crippen LogP contribution in [0.1, 0.15) is 6.42 Å². The lowest BCUT2D eigenvalue weighted by Gasteiger charge is -2.15. The molecule has 1 fully saturated rings. The minimum atomic E-state index is -1.08. The number of fused-ring (bicyclic) bond motifs is 1. The molecule has 0 radical (unpaired) electrons. The van der Waals surface area contributed by atoms with Gasteiger partial charge in [0.15, 0.2) is 11.5 Å². The highest BCUT2D eigenvalue weighted by atomic mass is 35.5. The number of rotatable bonds is 7. The Morgan fingerprint density at radius 1 is 1.39 bits per heavy atom. The molecule has 0 spiro atoms. The van der Waals surface area contributed by atoms with Gasteiger partial charge in [0.05, 0.1) is 6.20 Å². The number of amides is 2. The number of hydrogen-bond acceptors (Lipinski definition) is 5. The molecule has 0 aromatic carbocycles. The molecule has 1 aliphatic rings. The molecular weight excluding hydrogens is 419 g/mol. The molecule has 0 aliphatic carbocycles. The molecule has 2 aromatic rings. The molecular formula is C17H30Cl2N6O2Si. The normalized spacial score (nSPS) is 16.3. The highest BCUT2D eigenvalue weighted by Crippen LogP contribution is 2.14. The van der Waals surface area contributed by atoms with Gasteiger partial charge in [-0.2, -0.15) is 0 Å². The second-order valence-corrected chi connectivity index (χ2v) is 13.5. The Hall–Kier alpha value is -1.39. The monoisotopic (exact) mass is 448 g/mol. The lowest BCUT2D eigenvalue weighted by molar-refractivity contribution is 0.0899. The summed E-state index contributed by atoms with van der Waals surface area (Å²) >= 11 is 0. The van der Waals surface area contributed by atoms with E-state index in [4.69, 9.17) is 4.74 Å². The van der Waals surface area contributed by atoms with Crippen LogP contribution in [-0.4, -0.2) is 54.4 Å². The van der Waals surface area contributed by atoms with Crippen molar-refractivity contribution in [1.29, 1.82) is 0 Å². The Morgan fingerprint density at radius 2 is 2.18 bits per heavy atom. The Bertz CT molecular complexity index is 762. The molecule has 8 nitrogen and oxygen atoms in total. The second kappa shape index (κ2) is 11.0. The van der Waals surface area contributed by atoms with Crippen LogP contribution in [0.4, 0.5) is 10.6 Å². The lowest BCUT2D eigenvalue weighted by Crippen LogP contribution is -2.39.